The van der Waals surface area contributed by atoms with Crippen LogP contribution in [-0.2, 0) is 5.33 Å². The zero-order valence-electron chi connectivity index (χ0n) is 10.2. The molecule has 1 rings (SSSR count). The van der Waals surface area contributed by atoms with Crippen LogP contribution in [-0.4, -0.2) is 15.2 Å². The second-order valence-electron chi connectivity index (χ2n) is 4.66. The summed E-state index contributed by atoms with van der Waals surface area (Å²) in [6.07, 6.45) is 0. The number of hydrogen-bond acceptors (Lipinski definition) is 1. The molecule has 0 aromatic heterocycles. The van der Waals surface area contributed by atoms with Gasteiger partial charge in [0.25, 0.3) is 0 Å². The second kappa shape index (κ2) is 5.56. The van der Waals surface area contributed by atoms with Gasteiger partial charge < -0.3 is 4.74 Å². The van der Waals surface area contributed by atoms with Crippen molar-refractivity contribution in [2.45, 2.75) is 25.0 Å². The fraction of sp³-hybridized carbons (Fsp3) is 0.385. The molecule has 3 heteroatoms. The SMILES string of the molecule is COc1ccc(C#C[Si](C)(C)C)c(CBr)c1. The molecule has 0 N–H and O–H groups in total. The molecule has 0 bridgehead atoms. The van der Waals surface area contributed by atoms with Crippen LogP contribution in [0.4, 0.5) is 0 Å². The zero-order valence-corrected chi connectivity index (χ0v) is 12.8. The van der Waals surface area contributed by atoms with Crippen molar-refractivity contribution in [2.24, 2.45) is 0 Å². The van der Waals surface area contributed by atoms with Gasteiger partial charge in [-0.3, -0.25) is 0 Å². The molecule has 86 valence electrons. The normalized spacial score (nSPS) is 10.6. The number of benzene rings is 1. The Hall–Kier alpha value is -0.723. The van der Waals surface area contributed by atoms with Gasteiger partial charge in [-0.15, -0.1) is 5.54 Å². The third-order valence-electron chi connectivity index (χ3n) is 2.03. The summed E-state index contributed by atoms with van der Waals surface area (Å²) in [5.74, 6) is 4.16. The highest BCUT2D eigenvalue weighted by molar-refractivity contribution is 9.08. The van der Waals surface area contributed by atoms with Gasteiger partial charge >= 0.3 is 0 Å². The molecule has 0 heterocycles. The predicted octanol–water partition coefficient (Wildman–Crippen LogP) is 3.82. The van der Waals surface area contributed by atoms with Crippen LogP contribution in [0, 0.1) is 11.5 Å². The van der Waals surface area contributed by atoms with E-state index in [4.69, 9.17) is 4.74 Å². The Kier molecular flexibility index (Phi) is 4.64. The van der Waals surface area contributed by atoms with Gasteiger partial charge in [-0.1, -0.05) is 41.5 Å². The monoisotopic (exact) mass is 296 g/mol. The predicted molar refractivity (Wildman–Crippen MR) is 75.8 cm³/mol. The first-order chi connectivity index (χ1) is 7.46. The molecular weight excluding hydrogens is 280 g/mol. The largest absolute Gasteiger partial charge is 0.497 e. The average molecular weight is 297 g/mol. The molecule has 0 saturated heterocycles. The molecule has 0 atom stereocenters. The van der Waals surface area contributed by atoms with E-state index in [2.05, 4.69) is 47.0 Å². The molecule has 1 nitrogen and oxygen atoms in total. The molecule has 0 fully saturated rings. The van der Waals surface area contributed by atoms with Gasteiger partial charge in [-0.2, -0.15) is 0 Å². The minimum atomic E-state index is -1.31. The number of rotatable bonds is 2. The lowest BCUT2D eigenvalue weighted by atomic mass is 10.1. The fourth-order valence-corrected chi connectivity index (χ4v) is 2.16. The first-order valence-corrected chi connectivity index (χ1v) is 9.84. The van der Waals surface area contributed by atoms with Gasteiger partial charge in [-0.05, 0) is 23.8 Å². The Labute approximate surface area is 107 Å². The average Bonchev–Trinajstić information content (AvgIpc) is 2.25. The number of hydrogen-bond donors (Lipinski definition) is 0. The Balaban J connectivity index is 3.08. The van der Waals surface area contributed by atoms with Crippen molar-refractivity contribution in [1.82, 2.24) is 0 Å². The van der Waals surface area contributed by atoms with E-state index >= 15 is 0 Å². The lowest BCUT2D eigenvalue weighted by Crippen LogP contribution is -2.16. The second-order valence-corrected chi connectivity index (χ2v) is 9.97. The van der Waals surface area contributed by atoms with Crippen molar-refractivity contribution in [3.8, 4) is 17.2 Å². The van der Waals surface area contributed by atoms with Crippen LogP contribution in [0.5, 0.6) is 5.75 Å². The summed E-state index contributed by atoms with van der Waals surface area (Å²) in [6, 6.07) is 6.02. The minimum absolute atomic E-state index is 0.805. The zero-order chi connectivity index (χ0) is 12.2. The van der Waals surface area contributed by atoms with Crippen molar-refractivity contribution < 1.29 is 4.74 Å². The summed E-state index contributed by atoms with van der Waals surface area (Å²) >= 11 is 3.48. The van der Waals surface area contributed by atoms with Gasteiger partial charge in [0, 0.05) is 10.9 Å². The van der Waals surface area contributed by atoms with E-state index in [1.807, 2.05) is 18.2 Å². The van der Waals surface area contributed by atoms with Crippen molar-refractivity contribution in [1.29, 1.82) is 0 Å². The lowest BCUT2D eigenvalue weighted by Gasteiger charge is -2.06. The van der Waals surface area contributed by atoms with E-state index in [-0.39, 0.29) is 0 Å². The number of methoxy groups -OCH3 is 1. The number of halogens is 1. The van der Waals surface area contributed by atoms with Crippen LogP contribution < -0.4 is 4.74 Å². The maximum atomic E-state index is 5.20. The van der Waals surface area contributed by atoms with Crippen molar-refractivity contribution in [3.05, 3.63) is 29.3 Å². The molecule has 0 aliphatic carbocycles. The van der Waals surface area contributed by atoms with E-state index in [0.717, 1.165) is 16.6 Å². The molecule has 1 aromatic rings. The summed E-state index contributed by atoms with van der Waals surface area (Å²) in [7, 11) is 0.376. The van der Waals surface area contributed by atoms with Crippen molar-refractivity contribution in [3.63, 3.8) is 0 Å². The maximum Gasteiger partial charge on any atom is 0.129 e. The van der Waals surface area contributed by atoms with Gasteiger partial charge in [0.15, 0.2) is 0 Å². The number of ether oxygens (including phenoxy) is 1. The lowest BCUT2D eigenvalue weighted by molar-refractivity contribution is 0.414. The van der Waals surface area contributed by atoms with Crippen LogP contribution in [0.25, 0.3) is 0 Å². The Bertz CT molecular complexity index is 424. The first kappa shape index (κ1) is 13.3. The smallest absolute Gasteiger partial charge is 0.129 e. The van der Waals surface area contributed by atoms with Crippen LogP contribution in [0.2, 0.25) is 19.6 Å². The topological polar surface area (TPSA) is 9.23 Å². The minimum Gasteiger partial charge on any atom is -0.497 e. The summed E-state index contributed by atoms with van der Waals surface area (Å²) in [6.45, 7) is 6.74. The van der Waals surface area contributed by atoms with Crippen molar-refractivity contribution >= 4 is 24.0 Å². The third kappa shape index (κ3) is 4.03. The molecule has 0 unspecified atom stereocenters. The van der Waals surface area contributed by atoms with E-state index < -0.39 is 8.07 Å². The van der Waals surface area contributed by atoms with Gasteiger partial charge in [-0.25, -0.2) is 0 Å². The van der Waals surface area contributed by atoms with Gasteiger partial charge in [0.1, 0.15) is 13.8 Å². The third-order valence-corrected chi connectivity index (χ3v) is 3.51. The molecule has 0 saturated carbocycles. The quantitative estimate of drug-likeness (QED) is 0.458. The molecule has 0 aliphatic rings. The highest BCUT2D eigenvalue weighted by Gasteiger charge is 2.08. The summed E-state index contributed by atoms with van der Waals surface area (Å²) in [5.41, 5.74) is 5.66. The summed E-state index contributed by atoms with van der Waals surface area (Å²) in [4.78, 5) is 0. The van der Waals surface area contributed by atoms with Crippen LogP contribution in [0.3, 0.4) is 0 Å². The molecule has 16 heavy (non-hydrogen) atoms. The van der Waals surface area contributed by atoms with Gasteiger partial charge in [0.05, 0.1) is 7.11 Å². The molecule has 0 radical (unpaired) electrons. The summed E-state index contributed by atoms with van der Waals surface area (Å²) in [5, 5.41) is 0.805. The van der Waals surface area contributed by atoms with E-state index in [0.29, 0.717) is 0 Å². The Morgan fingerprint density at radius 1 is 1.31 bits per heavy atom. The first-order valence-electron chi connectivity index (χ1n) is 5.22. The van der Waals surface area contributed by atoms with E-state index in [1.54, 1.807) is 7.11 Å². The standard InChI is InChI=1S/C13H17BrOSi/c1-15-13-6-5-11(12(9-13)10-14)7-8-16(2,3)4/h5-6,9H,10H2,1-4H3. The Morgan fingerprint density at radius 3 is 2.50 bits per heavy atom. The Morgan fingerprint density at radius 2 is 2.00 bits per heavy atom. The number of alkyl halides is 1. The molecule has 1 aromatic carbocycles. The van der Waals surface area contributed by atoms with Gasteiger partial charge in [0.2, 0.25) is 0 Å². The molecule has 0 amide bonds. The highest BCUT2D eigenvalue weighted by Crippen LogP contribution is 2.19. The summed E-state index contributed by atoms with van der Waals surface area (Å²) < 4.78 is 5.20. The van der Waals surface area contributed by atoms with E-state index in [9.17, 15) is 0 Å². The van der Waals surface area contributed by atoms with E-state index in [1.165, 1.54) is 5.56 Å². The molecule has 0 spiro atoms. The highest BCUT2D eigenvalue weighted by atomic mass is 79.9. The van der Waals surface area contributed by atoms with Crippen LogP contribution in [0.1, 0.15) is 11.1 Å². The van der Waals surface area contributed by atoms with Crippen LogP contribution >= 0.6 is 15.9 Å². The molecular formula is C13H17BrOSi. The maximum absolute atomic E-state index is 5.20. The van der Waals surface area contributed by atoms with Crippen molar-refractivity contribution in [2.75, 3.05) is 7.11 Å². The fourth-order valence-electron chi connectivity index (χ4n) is 1.18. The van der Waals surface area contributed by atoms with Crippen LogP contribution in [0.15, 0.2) is 18.2 Å². The molecule has 0 aliphatic heterocycles.